The van der Waals surface area contributed by atoms with Crippen LogP contribution in [-0.4, -0.2) is 64.1 Å². The van der Waals surface area contributed by atoms with Crippen molar-refractivity contribution in [1.29, 1.82) is 0 Å². The predicted octanol–water partition coefficient (Wildman–Crippen LogP) is 1.11. The highest BCUT2D eigenvalue weighted by Gasteiger charge is 2.22. The second-order valence-corrected chi connectivity index (χ2v) is 4.92. The molecule has 1 N–H and O–H groups in total. The lowest BCUT2D eigenvalue weighted by atomic mass is 10.0. The third-order valence-electron chi connectivity index (χ3n) is 3.53. The van der Waals surface area contributed by atoms with Gasteiger partial charge >= 0.3 is 0 Å². The number of piperidine rings is 1. The van der Waals surface area contributed by atoms with Crippen LogP contribution in [0.5, 0.6) is 0 Å². The van der Waals surface area contributed by atoms with Gasteiger partial charge in [0.2, 0.25) is 0 Å². The van der Waals surface area contributed by atoms with Crippen molar-refractivity contribution >= 4 is 0 Å². The Balaban J connectivity index is 2.32. The van der Waals surface area contributed by atoms with Gasteiger partial charge in [-0.1, -0.05) is 0 Å². The molecule has 4 heteroatoms. The van der Waals surface area contributed by atoms with Gasteiger partial charge in [-0.25, -0.2) is 0 Å². The molecule has 1 aliphatic heterocycles. The van der Waals surface area contributed by atoms with E-state index in [1.54, 1.807) is 14.2 Å². The maximum absolute atomic E-state index is 5.20. The van der Waals surface area contributed by atoms with E-state index < -0.39 is 0 Å². The van der Waals surface area contributed by atoms with Crippen molar-refractivity contribution in [2.24, 2.45) is 0 Å². The van der Waals surface area contributed by atoms with E-state index in [1.807, 2.05) is 0 Å². The first kappa shape index (κ1) is 14.9. The van der Waals surface area contributed by atoms with Gasteiger partial charge in [0.05, 0.1) is 6.61 Å². The molecule has 1 fully saturated rings. The summed E-state index contributed by atoms with van der Waals surface area (Å²) in [5.41, 5.74) is 0. The number of hydrogen-bond acceptors (Lipinski definition) is 4. The Morgan fingerprint density at radius 1 is 1.12 bits per heavy atom. The van der Waals surface area contributed by atoms with Gasteiger partial charge in [0.15, 0.2) is 0 Å². The summed E-state index contributed by atoms with van der Waals surface area (Å²) in [7, 11) is 3.54. The Morgan fingerprint density at radius 3 is 2.47 bits per heavy atom. The Bertz CT molecular complexity index is 182. The number of nitrogens with zero attached hydrogens (tertiary/aromatic N) is 1. The maximum atomic E-state index is 5.20. The van der Waals surface area contributed by atoms with Gasteiger partial charge in [-0.3, -0.25) is 4.90 Å². The van der Waals surface area contributed by atoms with Crippen molar-refractivity contribution in [1.82, 2.24) is 10.2 Å². The Labute approximate surface area is 106 Å². The van der Waals surface area contributed by atoms with Crippen LogP contribution in [0.2, 0.25) is 0 Å². The Morgan fingerprint density at radius 2 is 1.88 bits per heavy atom. The van der Waals surface area contributed by atoms with Crippen LogP contribution in [-0.2, 0) is 9.47 Å². The predicted molar refractivity (Wildman–Crippen MR) is 70.4 cm³/mol. The van der Waals surface area contributed by atoms with Gasteiger partial charge in [0.1, 0.15) is 0 Å². The fourth-order valence-corrected chi connectivity index (χ4v) is 2.39. The minimum Gasteiger partial charge on any atom is -0.385 e. The minimum atomic E-state index is 0.665. The molecular formula is C13H28N2O2. The summed E-state index contributed by atoms with van der Waals surface area (Å²) >= 11 is 0. The van der Waals surface area contributed by atoms with Gasteiger partial charge in [0, 0.05) is 52.5 Å². The average Bonchev–Trinajstić information content (AvgIpc) is 2.35. The van der Waals surface area contributed by atoms with Crippen LogP contribution in [0.25, 0.3) is 0 Å². The molecule has 0 aromatic heterocycles. The molecule has 0 aliphatic carbocycles. The van der Waals surface area contributed by atoms with E-state index in [1.165, 1.54) is 12.8 Å². The van der Waals surface area contributed by atoms with Crippen molar-refractivity contribution in [2.75, 3.05) is 47.1 Å². The molecule has 17 heavy (non-hydrogen) atoms. The van der Waals surface area contributed by atoms with Crippen molar-refractivity contribution < 1.29 is 9.47 Å². The second kappa shape index (κ2) is 8.86. The fraction of sp³-hybridized carbons (Fsp3) is 1.00. The lowest BCUT2D eigenvalue weighted by Crippen LogP contribution is -2.50. The van der Waals surface area contributed by atoms with Gasteiger partial charge in [-0.05, 0) is 26.2 Å². The zero-order valence-electron chi connectivity index (χ0n) is 11.6. The van der Waals surface area contributed by atoms with Crippen LogP contribution in [0.15, 0.2) is 0 Å². The van der Waals surface area contributed by atoms with Crippen molar-refractivity contribution in [2.45, 2.75) is 38.3 Å². The number of hydrogen-bond donors (Lipinski definition) is 1. The molecule has 1 heterocycles. The highest BCUT2D eigenvalue weighted by molar-refractivity contribution is 4.82. The molecule has 0 spiro atoms. The Hall–Kier alpha value is -0.160. The zero-order chi connectivity index (χ0) is 12.5. The van der Waals surface area contributed by atoms with E-state index in [0.717, 1.165) is 39.3 Å². The highest BCUT2D eigenvalue weighted by Crippen LogP contribution is 2.14. The molecule has 1 aliphatic rings. The third kappa shape index (κ3) is 5.82. The Kier molecular flexibility index (Phi) is 7.77. The van der Waals surface area contributed by atoms with Crippen LogP contribution in [0, 0.1) is 0 Å². The van der Waals surface area contributed by atoms with Gasteiger partial charge in [-0.15, -0.1) is 0 Å². The first-order valence-corrected chi connectivity index (χ1v) is 6.73. The van der Waals surface area contributed by atoms with Gasteiger partial charge in [0.25, 0.3) is 0 Å². The summed E-state index contributed by atoms with van der Waals surface area (Å²) in [5, 5.41) is 3.57. The number of ether oxygens (including phenoxy) is 2. The molecule has 0 aromatic carbocycles. The molecule has 102 valence electrons. The molecule has 0 radical (unpaired) electrons. The fourth-order valence-electron chi connectivity index (χ4n) is 2.39. The smallest absolute Gasteiger partial charge is 0.0589 e. The highest BCUT2D eigenvalue weighted by atomic mass is 16.5. The van der Waals surface area contributed by atoms with Crippen LogP contribution >= 0.6 is 0 Å². The molecule has 1 saturated heterocycles. The van der Waals surface area contributed by atoms with Gasteiger partial charge < -0.3 is 14.8 Å². The summed E-state index contributed by atoms with van der Waals surface area (Å²) in [4.78, 5) is 2.54. The van der Waals surface area contributed by atoms with E-state index in [9.17, 15) is 0 Å². The van der Waals surface area contributed by atoms with Crippen molar-refractivity contribution in [3.63, 3.8) is 0 Å². The molecule has 0 aromatic rings. The monoisotopic (exact) mass is 244 g/mol. The SMILES string of the molecule is COCCCN(CCOC)C1CCC(C)NC1. The van der Waals surface area contributed by atoms with Crippen LogP contribution in [0.3, 0.4) is 0 Å². The van der Waals surface area contributed by atoms with E-state index in [0.29, 0.717) is 12.1 Å². The standard InChI is InChI=1S/C13H28N2O2/c1-12-5-6-13(11-14-12)15(8-10-17-3)7-4-9-16-2/h12-14H,4-11H2,1-3H3. The quantitative estimate of drug-likeness (QED) is 0.649. The van der Waals surface area contributed by atoms with Crippen LogP contribution in [0.1, 0.15) is 26.2 Å². The first-order valence-electron chi connectivity index (χ1n) is 6.73. The lowest BCUT2D eigenvalue weighted by molar-refractivity contribution is 0.0914. The zero-order valence-corrected chi connectivity index (χ0v) is 11.6. The maximum Gasteiger partial charge on any atom is 0.0589 e. The minimum absolute atomic E-state index is 0.665. The van der Waals surface area contributed by atoms with E-state index in [2.05, 4.69) is 17.1 Å². The molecular weight excluding hydrogens is 216 g/mol. The van der Waals surface area contributed by atoms with E-state index in [-0.39, 0.29) is 0 Å². The molecule has 2 atom stereocenters. The van der Waals surface area contributed by atoms with E-state index >= 15 is 0 Å². The molecule has 0 saturated carbocycles. The number of rotatable bonds is 8. The van der Waals surface area contributed by atoms with Crippen molar-refractivity contribution in [3.8, 4) is 0 Å². The largest absolute Gasteiger partial charge is 0.385 e. The third-order valence-corrected chi connectivity index (χ3v) is 3.53. The van der Waals surface area contributed by atoms with Gasteiger partial charge in [-0.2, -0.15) is 0 Å². The normalized spacial score (nSPS) is 25.4. The van der Waals surface area contributed by atoms with Crippen LogP contribution in [0.4, 0.5) is 0 Å². The molecule has 1 rings (SSSR count). The van der Waals surface area contributed by atoms with E-state index in [4.69, 9.17) is 9.47 Å². The summed E-state index contributed by atoms with van der Waals surface area (Å²) in [6, 6.07) is 1.34. The summed E-state index contributed by atoms with van der Waals surface area (Å²) in [6.07, 6.45) is 3.68. The second-order valence-electron chi connectivity index (χ2n) is 4.92. The number of nitrogens with one attached hydrogen (secondary N) is 1. The molecule has 0 bridgehead atoms. The summed E-state index contributed by atoms with van der Waals surface area (Å²) in [6.45, 7) is 7.18. The summed E-state index contributed by atoms with van der Waals surface area (Å²) in [5.74, 6) is 0. The average molecular weight is 244 g/mol. The summed E-state index contributed by atoms with van der Waals surface area (Å²) < 4.78 is 10.3. The molecule has 2 unspecified atom stereocenters. The molecule has 4 nitrogen and oxygen atoms in total. The number of methoxy groups -OCH3 is 2. The topological polar surface area (TPSA) is 33.7 Å². The lowest BCUT2D eigenvalue weighted by Gasteiger charge is -2.36. The first-order chi connectivity index (χ1) is 8.27. The van der Waals surface area contributed by atoms with Crippen LogP contribution < -0.4 is 5.32 Å². The molecule has 0 amide bonds. The van der Waals surface area contributed by atoms with Crippen molar-refractivity contribution in [3.05, 3.63) is 0 Å².